The van der Waals surface area contributed by atoms with Gasteiger partial charge in [-0.2, -0.15) is 4.98 Å². The van der Waals surface area contributed by atoms with Crippen LogP contribution in [0.2, 0.25) is 0 Å². The lowest BCUT2D eigenvalue weighted by molar-refractivity contribution is -0.138. The van der Waals surface area contributed by atoms with Crippen LogP contribution in [0.15, 0.2) is 22.9 Å². The lowest BCUT2D eigenvalue weighted by Gasteiger charge is -2.31. The molecule has 0 spiro atoms. The van der Waals surface area contributed by atoms with Crippen LogP contribution in [-0.4, -0.2) is 52.7 Å². The van der Waals surface area contributed by atoms with E-state index in [1.165, 1.54) is 0 Å². The second-order valence-corrected chi connectivity index (χ2v) is 5.25. The van der Waals surface area contributed by atoms with Crippen LogP contribution in [0.4, 0.5) is 0 Å². The van der Waals surface area contributed by atoms with Gasteiger partial charge in [-0.05, 0) is 11.6 Å². The third-order valence-corrected chi connectivity index (χ3v) is 3.61. The van der Waals surface area contributed by atoms with Crippen LogP contribution in [0, 0.1) is 6.92 Å². The number of aromatic nitrogens is 3. The van der Waals surface area contributed by atoms with Gasteiger partial charge in [-0.25, -0.2) is 4.98 Å². The molecule has 8 heteroatoms. The molecule has 0 radical (unpaired) electrons. The predicted octanol–water partition coefficient (Wildman–Crippen LogP) is 0.924. The Morgan fingerprint density at radius 3 is 3.13 bits per heavy atom. The highest BCUT2D eigenvalue weighted by molar-refractivity contribution is 5.79. The van der Waals surface area contributed by atoms with E-state index in [1.54, 1.807) is 37.3 Å². The lowest BCUT2D eigenvalue weighted by Crippen LogP contribution is -2.43. The Morgan fingerprint density at radius 1 is 1.52 bits per heavy atom. The van der Waals surface area contributed by atoms with Crippen molar-refractivity contribution in [1.29, 1.82) is 0 Å². The molecule has 1 unspecified atom stereocenters. The average Bonchev–Trinajstić information content (AvgIpc) is 3.01. The number of hydrogen-bond donors (Lipinski definition) is 0. The molecule has 23 heavy (non-hydrogen) atoms. The van der Waals surface area contributed by atoms with E-state index in [0.29, 0.717) is 37.3 Å². The average molecular weight is 318 g/mol. The van der Waals surface area contributed by atoms with Gasteiger partial charge in [0.2, 0.25) is 23.5 Å². The molecule has 0 aliphatic carbocycles. The quantitative estimate of drug-likeness (QED) is 0.828. The zero-order valence-electron chi connectivity index (χ0n) is 13.1. The summed E-state index contributed by atoms with van der Waals surface area (Å²) in [6.45, 7) is 3.14. The summed E-state index contributed by atoms with van der Waals surface area (Å²) >= 11 is 0. The molecule has 1 aliphatic heterocycles. The van der Waals surface area contributed by atoms with E-state index in [1.807, 2.05) is 0 Å². The first-order chi connectivity index (χ1) is 11.2. The first-order valence-electron chi connectivity index (χ1n) is 7.34. The third-order valence-electron chi connectivity index (χ3n) is 3.61. The summed E-state index contributed by atoms with van der Waals surface area (Å²) in [5.41, 5.74) is 0.861. The molecular weight excluding hydrogens is 300 g/mol. The first kappa shape index (κ1) is 15.4. The van der Waals surface area contributed by atoms with E-state index in [4.69, 9.17) is 14.0 Å². The monoisotopic (exact) mass is 318 g/mol. The number of carbonyl (C=O) groups is 1. The Bertz CT molecular complexity index is 688. The van der Waals surface area contributed by atoms with Gasteiger partial charge >= 0.3 is 0 Å². The number of rotatable bonds is 4. The molecule has 0 saturated carbocycles. The Balaban J connectivity index is 1.64. The van der Waals surface area contributed by atoms with E-state index in [-0.39, 0.29) is 18.4 Å². The molecule has 2 aromatic rings. The van der Waals surface area contributed by atoms with Crippen molar-refractivity contribution in [2.24, 2.45) is 0 Å². The molecule has 8 nitrogen and oxygen atoms in total. The molecule has 1 amide bonds. The molecule has 0 bridgehead atoms. The molecule has 3 heterocycles. The minimum atomic E-state index is -0.350. The second-order valence-electron chi connectivity index (χ2n) is 5.25. The molecule has 1 atom stereocenters. The Labute approximate surface area is 133 Å². The lowest BCUT2D eigenvalue weighted by atomic mass is 10.1. The van der Waals surface area contributed by atoms with Crippen molar-refractivity contribution >= 4 is 5.91 Å². The number of pyridine rings is 1. The number of methoxy groups -OCH3 is 1. The smallest absolute Gasteiger partial charge is 0.227 e. The SMILES string of the molecule is COc1cc(CC(=O)N2CCOC(c3noc(C)n3)C2)ccn1. The minimum Gasteiger partial charge on any atom is -0.481 e. The van der Waals surface area contributed by atoms with Crippen LogP contribution >= 0.6 is 0 Å². The summed E-state index contributed by atoms with van der Waals surface area (Å²) in [6.07, 6.45) is 1.57. The number of aryl methyl sites for hydroxylation is 1. The molecule has 0 N–H and O–H groups in total. The van der Waals surface area contributed by atoms with Gasteiger partial charge in [0.05, 0.1) is 26.7 Å². The zero-order valence-corrected chi connectivity index (χ0v) is 13.1. The number of carbonyl (C=O) groups excluding carboxylic acids is 1. The minimum absolute atomic E-state index is 0.0202. The number of ether oxygens (including phenoxy) is 2. The normalized spacial score (nSPS) is 18.0. The second kappa shape index (κ2) is 6.74. The fourth-order valence-corrected chi connectivity index (χ4v) is 2.44. The summed E-state index contributed by atoms with van der Waals surface area (Å²) < 4.78 is 15.7. The topological polar surface area (TPSA) is 90.6 Å². The number of morpholine rings is 1. The van der Waals surface area contributed by atoms with Crippen molar-refractivity contribution in [3.8, 4) is 5.88 Å². The van der Waals surface area contributed by atoms with Crippen molar-refractivity contribution in [3.63, 3.8) is 0 Å². The van der Waals surface area contributed by atoms with Crippen LogP contribution in [0.3, 0.4) is 0 Å². The number of amides is 1. The molecule has 2 aromatic heterocycles. The van der Waals surface area contributed by atoms with Gasteiger partial charge in [0, 0.05) is 25.7 Å². The Morgan fingerprint density at radius 2 is 2.39 bits per heavy atom. The number of nitrogens with zero attached hydrogens (tertiary/aromatic N) is 4. The molecule has 0 aromatic carbocycles. The van der Waals surface area contributed by atoms with Crippen LogP contribution in [0.25, 0.3) is 0 Å². The molecular formula is C15H18N4O4. The van der Waals surface area contributed by atoms with Crippen molar-refractivity contribution in [2.75, 3.05) is 26.8 Å². The maximum atomic E-state index is 12.5. The molecule has 3 rings (SSSR count). The highest BCUT2D eigenvalue weighted by Gasteiger charge is 2.28. The van der Waals surface area contributed by atoms with E-state index >= 15 is 0 Å². The van der Waals surface area contributed by atoms with Gasteiger partial charge in [0.25, 0.3) is 0 Å². The first-order valence-corrected chi connectivity index (χ1v) is 7.34. The van der Waals surface area contributed by atoms with Crippen molar-refractivity contribution in [3.05, 3.63) is 35.6 Å². The largest absolute Gasteiger partial charge is 0.481 e. The van der Waals surface area contributed by atoms with Crippen LogP contribution in [0.1, 0.15) is 23.4 Å². The summed E-state index contributed by atoms with van der Waals surface area (Å²) in [5.74, 6) is 1.48. The highest BCUT2D eigenvalue weighted by Crippen LogP contribution is 2.20. The van der Waals surface area contributed by atoms with Crippen molar-refractivity contribution in [1.82, 2.24) is 20.0 Å². The van der Waals surface area contributed by atoms with Gasteiger partial charge in [-0.3, -0.25) is 4.79 Å². The van der Waals surface area contributed by atoms with E-state index in [2.05, 4.69) is 15.1 Å². The van der Waals surface area contributed by atoms with Gasteiger partial charge in [0.1, 0.15) is 6.10 Å². The standard InChI is InChI=1S/C15H18N4O4/c1-10-17-15(18-23-10)12-9-19(5-6-22-12)14(20)8-11-3-4-16-13(7-11)21-2/h3-4,7,12H,5-6,8-9H2,1-2H3. The Hall–Kier alpha value is -2.48. The van der Waals surface area contributed by atoms with Gasteiger partial charge in [-0.15, -0.1) is 0 Å². The van der Waals surface area contributed by atoms with E-state index in [9.17, 15) is 4.79 Å². The van der Waals surface area contributed by atoms with Crippen LogP contribution < -0.4 is 4.74 Å². The molecule has 1 fully saturated rings. The van der Waals surface area contributed by atoms with E-state index < -0.39 is 0 Å². The summed E-state index contributed by atoms with van der Waals surface area (Å²) in [6, 6.07) is 3.57. The van der Waals surface area contributed by atoms with Crippen LogP contribution in [-0.2, 0) is 16.0 Å². The van der Waals surface area contributed by atoms with Gasteiger partial charge in [-0.1, -0.05) is 5.16 Å². The highest BCUT2D eigenvalue weighted by atomic mass is 16.5. The zero-order chi connectivity index (χ0) is 16.2. The maximum Gasteiger partial charge on any atom is 0.227 e. The van der Waals surface area contributed by atoms with Gasteiger partial charge in [0.15, 0.2) is 0 Å². The third kappa shape index (κ3) is 3.65. The number of hydrogen-bond acceptors (Lipinski definition) is 7. The van der Waals surface area contributed by atoms with Crippen LogP contribution in [0.5, 0.6) is 5.88 Å². The van der Waals surface area contributed by atoms with E-state index in [0.717, 1.165) is 5.56 Å². The fraction of sp³-hybridized carbons (Fsp3) is 0.467. The van der Waals surface area contributed by atoms with Crippen molar-refractivity contribution < 1.29 is 18.8 Å². The maximum absolute atomic E-state index is 12.5. The van der Waals surface area contributed by atoms with Gasteiger partial charge < -0.3 is 18.9 Å². The fourth-order valence-electron chi connectivity index (χ4n) is 2.44. The predicted molar refractivity (Wildman–Crippen MR) is 78.8 cm³/mol. The summed E-state index contributed by atoms with van der Waals surface area (Å²) in [4.78, 5) is 22.5. The summed E-state index contributed by atoms with van der Waals surface area (Å²) in [7, 11) is 1.55. The molecule has 122 valence electrons. The molecule has 1 saturated heterocycles. The van der Waals surface area contributed by atoms with Crippen molar-refractivity contribution in [2.45, 2.75) is 19.4 Å². The molecule has 1 aliphatic rings. The summed E-state index contributed by atoms with van der Waals surface area (Å²) in [5, 5.41) is 3.87. The Kier molecular flexibility index (Phi) is 4.52.